The van der Waals surface area contributed by atoms with E-state index in [1.165, 1.54) is 57.4 Å². The molecule has 0 unspecified atom stereocenters. The quantitative estimate of drug-likeness (QED) is 0.173. The minimum atomic E-state index is -2.49. The normalized spacial score (nSPS) is 20.7. The molecule has 1 aliphatic rings. The van der Waals surface area contributed by atoms with E-state index in [-0.39, 0.29) is 4.41 Å². The van der Waals surface area contributed by atoms with E-state index in [4.69, 9.17) is 0 Å². The molecule has 2 heteroatoms. The molecule has 0 heterocycles. The van der Waals surface area contributed by atoms with Gasteiger partial charge in [0, 0.05) is 0 Å². The van der Waals surface area contributed by atoms with Crippen LogP contribution in [0.3, 0.4) is 0 Å². The van der Waals surface area contributed by atoms with Crippen LogP contribution >= 0.6 is 0 Å². The first kappa shape index (κ1) is 19.5. The second-order valence-electron chi connectivity index (χ2n) is 7.65. The molecule has 0 aromatic rings. The number of carbonyl (C=O) groups is 1. The van der Waals surface area contributed by atoms with Gasteiger partial charge in [0.2, 0.25) is 0 Å². The van der Waals surface area contributed by atoms with Crippen LogP contribution in [0, 0.1) is 5.92 Å². The zero-order chi connectivity index (χ0) is 17.8. The Morgan fingerprint density at radius 3 is 2.17 bits per heavy atom. The van der Waals surface area contributed by atoms with Crippen molar-refractivity contribution in [1.29, 1.82) is 0 Å². The molecule has 0 bridgehead atoms. The topological polar surface area (TPSA) is 17.1 Å². The van der Waals surface area contributed by atoms with Crippen LogP contribution in [-0.4, -0.2) is 24.7 Å². The van der Waals surface area contributed by atoms with Crippen molar-refractivity contribution >= 4 is 24.7 Å². The first-order valence-electron chi connectivity index (χ1n) is 10.8. The second-order valence-corrected chi connectivity index (χ2v) is 20.5. The van der Waals surface area contributed by atoms with Crippen LogP contribution in [0.15, 0.2) is 11.6 Å². The van der Waals surface area contributed by atoms with Crippen LogP contribution in [0.25, 0.3) is 0 Å². The summed E-state index contributed by atoms with van der Waals surface area (Å²) in [5, 5.41) is 0. The van der Waals surface area contributed by atoms with Crippen molar-refractivity contribution in [1.82, 2.24) is 0 Å². The van der Waals surface area contributed by atoms with Crippen LogP contribution in [0.5, 0.6) is 0 Å². The molecule has 0 fully saturated rings. The molecule has 23 heavy (non-hydrogen) atoms. The molecular weight excluding hydrogens is 387 g/mol. The maximum absolute atomic E-state index is 10.9. The van der Waals surface area contributed by atoms with E-state index in [0.29, 0.717) is 12.3 Å². The standard InChI is InChI=1S/C9H13O.3C4H9.Sn/c1-8-3-2-4-9(7-8)5-6-10;3*1-3-4-2;/h3,6,9H,1-2,4-5,7H2;3*1,3-4H2,2H3;/t9-;;;;/m0..../s1/i1D;;;;. The van der Waals surface area contributed by atoms with Crippen molar-refractivity contribution in [2.75, 3.05) is 0 Å². The van der Waals surface area contributed by atoms with Crippen molar-refractivity contribution in [3.05, 3.63) is 11.6 Å². The van der Waals surface area contributed by atoms with Crippen LogP contribution in [0.2, 0.25) is 17.7 Å². The summed E-state index contributed by atoms with van der Waals surface area (Å²) in [4.78, 5) is 10.9. The van der Waals surface area contributed by atoms with Gasteiger partial charge < -0.3 is 0 Å². The fourth-order valence-electron chi connectivity index (χ4n) is 4.05. The summed E-state index contributed by atoms with van der Waals surface area (Å²) >= 11 is -2.49. The Hall–Kier alpha value is 0.209. The predicted molar refractivity (Wildman–Crippen MR) is 106 cm³/mol. The minimum absolute atomic E-state index is 0.151. The third-order valence-electron chi connectivity index (χ3n) is 5.51. The van der Waals surface area contributed by atoms with Gasteiger partial charge in [0.1, 0.15) is 0 Å². The third kappa shape index (κ3) is 8.22. The summed E-state index contributed by atoms with van der Waals surface area (Å²) in [7, 11) is 0. The van der Waals surface area contributed by atoms with Gasteiger partial charge in [-0.25, -0.2) is 0 Å². The number of rotatable bonds is 13. The Balaban J connectivity index is 2.95. The summed E-state index contributed by atoms with van der Waals surface area (Å²) in [5.41, 5.74) is 1.44. The van der Waals surface area contributed by atoms with Crippen molar-refractivity contribution in [3.8, 4) is 0 Å². The van der Waals surface area contributed by atoms with E-state index in [1.54, 1.807) is 0 Å². The molecule has 0 saturated carbocycles. The van der Waals surface area contributed by atoms with Gasteiger partial charge in [-0.1, -0.05) is 0 Å². The number of unbranched alkanes of at least 4 members (excludes halogenated alkanes) is 3. The molecule has 1 aliphatic carbocycles. The van der Waals surface area contributed by atoms with Gasteiger partial charge in [0.25, 0.3) is 0 Å². The van der Waals surface area contributed by atoms with Crippen LogP contribution in [0.4, 0.5) is 0 Å². The summed E-state index contributed by atoms with van der Waals surface area (Å²) in [6.07, 6.45) is 15.3. The molecule has 0 spiro atoms. The Kier molecular flexibility index (Phi) is 10.7. The summed E-state index contributed by atoms with van der Waals surface area (Å²) in [5.74, 6) is 0.517. The third-order valence-corrected chi connectivity index (χ3v) is 19.9. The first-order valence-corrected chi connectivity index (χ1v) is 17.9. The van der Waals surface area contributed by atoms with Crippen molar-refractivity contribution in [3.63, 3.8) is 0 Å². The zero-order valence-electron chi connectivity index (χ0n) is 16.9. The second kappa shape index (κ2) is 12.6. The number of carbonyl (C=O) groups excluding carboxylic acids is 1. The molecule has 134 valence electrons. The summed E-state index contributed by atoms with van der Waals surface area (Å²) in [6, 6.07) is 0. The van der Waals surface area contributed by atoms with Crippen molar-refractivity contribution in [2.45, 2.75) is 103 Å². The molecule has 0 aliphatic heterocycles. The molecule has 1 rings (SSSR count). The van der Waals surface area contributed by atoms with Gasteiger partial charge in [-0.2, -0.15) is 0 Å². The van der Waals surface area contributed by atoms with E-state index >= 15 is 0 Å². The van der Waals surface area contributed by atoms with Gasteiger partial charge in [0.05, 0.1) is 0 Å². The van der Waals surface area contributed by atoms with Crippen molar-refractivity contribution < 1.29 is 6.17 Å². The molecule has 0 N–H and O–H groups in total. The summed E-state index contributed by atoms with van der Waals surface area (Å²) < 4.78 is 13.7. The van der Waals surface area contributed by atoms with E-state index in [9.17, 15) is 6.17 Å². The van der Waals surface area contributed by atoms with Crippen LogP contribution in [-0.2, 0) is 4.79 Å². The van der Waals surface area contributed by atoms with Gasteiger partial charge in [-0.15, -0.1) is 0 Å². The zero-order valence-corrected chi connectivity index (χ0v) is 18.8. The van der Waals surface area contributed by atoms with Crippen LogP contribution < -0.4 is 0 Å². The molecule has 0 amide bonds. The van der Waals surface area contributed by atoms with E-state index < -0.39 is 18.4 Å². The van der Waals surface area contributed by atoms with Gasteiger partial charge in [-0.05, 0) is 0 Å². The molecule has 2 atom stereocenters. The number of allylic oxidation sites excluding steroid dienone is 2. The molecule has 0 aromatic heterocycles. The number of aldehydes is 1. The van der Waals surface area contributed by atoms with Gasteiger partial charge >= 0.3 is 151 Å². The maximum atomic E-state index is 10.9. The predicted octanol–water partition coefficient (Wildman–Crippen LogP) is 7.15. The number of hydrogen-bond acceptors (Lipinski definition) is 1. The Bertz CT molecular complexity index is 358. The van der Waals surface area contributed by atoms with Gasteiger partial charge in [-0.3, -0.25) is 0 Å². The molecule has 0 aromatic carbocycles. The van der Waals surface area contributed by atoms with E-state index in [0.717, 1.165) is 25.5 Å². The molecule has 0 saturated heterocycles. The van der Waals surface area contributed by atoms with E-state index in [2.05, 4.69) is 26.8 Å². The van der Waals surface area contributed by atoms with Crippen molar-refractivity contribution in [2.24, 2.45) is 5.92 Å². The SMILES string of the molecule is [2H][C@H](C1=CCC[C@@H](CC=O)C1)[Sn]([CH2]CCC)([CH2]CCC)[CH2]CCC. The van der Waals surface area contributed by atoms with Gasteiger partial charge in [0.15, 0.2) is 0 Å². The Morgan fingerprint density at radius 2 is 1.70 bits per heavy atom. The van der Waals surface area contributed by atoms with E-state index in [1.807, 2.05) is 0 Å². The molecule has 0 radical (unpaired) electrons. The average Bonchev–Trinajstić information content (AvgIpc) is 2.61. The number of hydrogen-bond donors (Lipinski definition) is 0. The molecule has 1 nitrogen and oxygen atoms in total. The average molecular weight is 428 g/mol. The fraction of sp³-hybridized carbons (Fsp3) is 0.857. The summed E-state index contributed by atoms with van der Waals surface area (Å²) in [6.45, 7) is 6.90. The fourth-order valence-corrected chi connectivity index (χ4v) is 19.4. The Labute approximate surface area is 151 Å². The monoisotopic (exact) mass is 429 g/mol. The first-order chi connectivity index (χ1) is 11.6. The Morgan fingerprint density at radius 1 is 1.13 bits per heavy atom. The van der Waals surface area contributed by atoms with Crippen LogP contribution in [0.1, 0.15) is 86.4 Å². The molecular formula is C21H40OSn.